The summed E-state index contributed by atoms with van der Waals surface area (Å²) in [6, 6.07) is 7.71. The lowest BCUT2D eigenvalue weighted by molar-refractivity contribution is -0.140. The molecule has 1 aromatic carbocycles. The van der Waals surface area contributed by atoms with Gasteiger partial charge in [-0.2, -0.15) is 5.26 Å². The average molecular weight is 425 g/mol. The summed E-state index contributed by atoms with van der Waals surface area (Å²) in [4.78, 5) is 42.6. The number of carbonyl (C=O) groups excluding carboxylic acids is 3. The molecular weight excluding hydrogens is 396 g/mol. The standard InChI is InChI=1S/C22H28N6O3/c1-13(14-4-6-15(7-5-14)20(25)29)28-17-9-19(22(28)31)26(11-17)12-18(24)21(30)27-8-2-3-16(27)10-23/h4-7,13,16-19H,2-3,8-9,11-12,24H2,1H3,(H2,25,29)/t13-,16+,17?,18+,19-/m1/s1. The molecule has 0 aliphatic carbocycles. The van der Waals surface area contributed by atoms with Crippen molar-refractivity contribution in [1.29, 1.82) is 5.26 Å². The second kappa shape index (κ2) is 8.29. The van der Waals surface area contributed by atoms with E-state index >= 15 is 0 Å². The molecule has 31 heavy (non-hydrogen) atoms. The highest BCUT2D eigenvalue weighted by Crippen LogP contribution is 2.38. The summed E-state index contributed by atoms with van der Waals surface area (Å²) < 4.78 is 0. The molecular formula is C22H28N6O3. The summed E-state index contributed by atoms with van der Waals surface area (Å²) >= 11 is 0. The number of fused-ring (bicyclic) bond motifs is 2. The van der Waals surface area contributed by atoms with Crippen LogP contribution in [0.15, 0.2) is 24.3 Å². The first-order valence-electron chi connectivity index (χ1n) is 10.7. The summed E-state index contributed by atoms with van der Waals surface area (Å²) in [5.74, 6) is -0.649. The molecule has 0 radical (unpaired) electrons. The third-order valence-corrected chi connectivity index (χ3v) is 6.84. The number of nitrogens with two attached hydrogens (primary N) is 2. The van der Waals surface area contributed by atoms with Crippen molar-refractivity contribution in [2.75, 3.05) is 19.6 Å². The molecule has 3 amide bonds. The number of amides is 3. The molecule has 4 rings (SSSR count). The Kier molecular flexibility index (Phi) is 5.69. The first-order chi connectivity index (χ1) is 14.8. The normalized spacial score (nSPS) is 27.4. The summed E-state index contributed by atoms with van der Waals surface area (Å²) in [7, 11) is 0. The van der Waals surface area contributed by atoms with Crippen LogP contribution in [0, 0.1) is 11.3 Å². The number of carbonyl (C=O) groups is 3. The van der Waals surface area contributed by atoms with E-state index in [-0.39, 0.29) is 29.9 Å². The smallest absolute Gasteiger partial charge is 0.248 e. The van der Waals surface area contributed by atoms with Crippen LogP contribution in [0.4, 0.5) is 0 Å². The van der Waals surface area contributed by atoms with Gasteiger partial charge >= 0.3 is 0 Å². The van der Waals surface area contributed by atoms with Gasteiger partial charge in [0.15, 0.2) is 0 Å². The van der Waals surface area contributed by atoms with Crippen LogP contribution in [0.1, 0.15) is 48.1 Å². The lowest BCUT2D eigenvalue weighted by Crippen LogP contribution is -2.56. The Balaban J connectivity index is 1.39. The van der Waals surface area contributed by atoms with Crippen LogP contribution in [0.2, 0.25) is 0 Å². The molecule has 9 nitrogen and oxygen atoms in total. The molecule has 3 fully saturated rings. The van der Waals surface area contributed by atoms with Crippen LogP contribution < -0.4 is 11.5 Å². The minimum absolute atomic E-state index is 0.0402. The summed E-state index contributed by atoms with van der Waals surface area (Å²) in [6.07, 6.45) is 2.22. The molecule has 3 aliphatic heterocycles. The maximum atomic E-state index is 13.1. The molecule has 1 unspecified atom stereocenters. The third-order valence-electron chi connectivity index (χ3n) is 6.84. The van der Waals surface area contributed by atoms with Crippen molar-refractivity contribution < 1.29 is 14.4 Å². The highest BCUT2D eigenvalue weighted by molar-refractivity contribution is 5.92. The quantitative estimate of drug-likeness (QED) is 0.658. The number of nitrogens with zero attached hydrogens (tertiary/aromatic N) is 4. The first kappa shape index (κ1) is 21.3. The second-order valence-electron chi connectivity index (χ2n) is 8.69. The van der Waals surface area contributed by atoms with Crippen molar-refractivity contribution in [1.82, 2.24) is 14.7 Å². The van der Waals surface area contributed by atoms with Crippen LogP contribution >= 0.6 is 0 Å². The van der Waals surface area contributed by atoms with Crippen molar-refractivity contribution in [3.63, 3.8) is 0 Å². The number of hydrogen-bond donors (Lipinski definition) is 2. The zero-order chi connectivity index (χ0) is 22.3. The third kappa shape index (κ3) is 3.77. The minimum Gasteiger partial charge on any atom is -0.366 e. The number of piperazine rings is 1. The van der Waals surface area contributed by atoms with Crippen molar-refractivity contribution >= 4 is 17.7 Å². The van der Waals surface area contributed by atoms with Gasteiger partial charge in [0.1, 0.15) is 6.04 Å². The molecule has 9 heteroatoms. The largest absolute Gasteiger partial charge is 0.366 e. The molecule has 5 atom stereocenters. The van der Waals surface area contributed by atoms with Crippen molar-refractivity contribution in [2.24, 2.45) is 11.5 Å². The Hall–Kier alpha value is -2.96. The van der Waals surface area contributed by atoms with E-state index in [4.69, 9.17) is 11.5 Å². The molecule has 4 N–H and O–H groups in total. The number of rotatable bonds is 6. The Bertz CT molecular complexity index is 926. The molecule has 0 saturated carbocycles. The zero-order valence-electron chi connectivity index (χ0n) is 17.6. The Labute approximate surface area is 181 Å². The fourth-order valence-electron chi connectivity index (χ4n) is 5.19. The molecule has 1 aromatic rings. The fourth-order valence-corrected chi connectivity index (χ4v) is 5.19. The van der Waals surface area contributed by atoms with Crippen molar-refractivity contribution in [2.45, 2.75) is 56.4 Å². The highest BCUT2D eigenvalue weighted by atomic mass is 16.2. The van der Waals surface area contributed by atoms with E-state index in [9.17, 15) is 19.6 Å². The molecule has 3 heterocycles. The van der Waals surface area contributed by atoms with E-state index in [2.05, 4.69) is 6.07 Å². The van der Waals surface area contributed by atoms with Crippen LogP contribution in [-0.4, -0.2) is 76.2 Å². The van der Waals surface area contributed by atoms with Gasteiger partial charge in [-0.25, -0.2) is 0 Å². The number of hydrogen-bond acceptors (Lipinski definition) is 6. The highest BCUT2D eigenvalue weighted by Gasteiger charge is 2.51. The number of likely N-dealkylation sites (tertiary alicyclic amines) is 3. The molecule has 3 aliphatic rings. The van der Waals surface area contributed by atoms with E-state index in [0.717, 1.165) is 12.0 Å². The van der Waals surface area contributed by atoms with Crippen LogP contribution in [-0.2, 0) is 9.59 Å². The Morgan fingerprint density at radius 1 is 1.29 bits per heavy atom. The van der Waals surface area contributed by atoms with Gasteiger partial charge in [0, 0.05) is 31.2 Å². The van der Waals surface area contributed by atoms with E-state index in [1.165, 1.54) is 0 Å². The predicted molar refractivity (Wildman–Crippen MR) is 112 cm³/mol. The monoisotopic (exact) mass is 424 g/mol. The fraction of sp³-hybridized carbons (Fsp3) is 0.545. The maximum Gasteiger partial charge on any atom is 0.248 e. The average Bonchev–Trinajstić information content (AvgIpc) is 3.47. The van der Waals surface area contributed by atoms with Gasteiger partial charge in [0.2, 0.25) is 17.7 Å². The number of benzene rings is 1. The van der Waals surface area contributed by atoms with Gasteiger partial charge in [0.05, 0.1) is 24.2 Å². The van der Waals surface area contributed by atoms with Gasteiger partial charge in [-0.05, 0) is 43.9 Å². The molecule has 164 valence electrons. The van der Waals surface area contributed by atoms with E-state index in [1.54, 1.807) is 17.0 Å². The Morgan fingerprint density at radius 3 is 2.61 bits per heavy atom. The van der Waals surface area contributed by atoms with Crippen LogP contribution in [0.25, 0.3) is 0 Å². The summed E-state index contributed by atoms with van der Waals surface area (Å²) in [5.41, 5.74) is 12.9. The van der Waals surface area contributed by atoms with Gasteiger partial charge in [-0.3, -0.25) is 19.3 Å². The van der Waals surface area contributed by atoms with Crippen molar-refractivity contribution in [3.05, 3.63) is 35.4 Å². The van der Waals surface area contributed by atoms with E-state index in [0.29, 0.717) is 38.0 Å². The summed E-state index contributed by atoms with van der Waals surface area (Å²) in [6.45, 7) is 3.53. The lowest BCUT2D eigenvalue weighted by Gasteiger charge is -2.38. The SMILES string of the molecule is C[C@H](c1ccc(C(N)=O)cc1)N1C(=O)[C@H]2CC1CN2C[C@H](N)C(=O)N1CCC[C@H]1C#N. The lowest BCUT2D eigenvalue weighted by atomic mass is 10.0. The van der Waals surface area contributed by atoms with Gasteiger partial charge in [-0.15, -0.1) is 0 Å². The van der Waals surface area contributed by atoms with Gasteiger partial charge in [0.25, 0.3) is 0 Å². The minimum atomic E-state index is -0.742. The number of nitriles is 1. The van der Waals surface area contributed by atoms with Gasteiger partial charge in [-0.1, -0.05) is 12.1 Å². The molecule has 2 bridgehead atoms. The first-order valence-corrected chi connectivity index (χ1v) is 10.7. The summed E-state index contributed by atoms with van der Waals surface area (Å²) in [5, 5.41) is 9.22. The van der Waals surface area contributed by atoms with Crippen LogP contribution in [0.3, 0.4) is 0 Å². The topological polar surface area (TPSA) is 137 Å². The molecule has 0 spiro atoms. The molecule has 3 saturated heterocycles. The van der Waals surface area contributed by atoms with E-state index < -0.39 is 18.0 Å². The van der Waals surface area contributed by atoms with Crippen molar-refractivity contribution in [3.8, 4) is 6.07 Å². The van der Waals surface area contributed by atoms with Gasteiger partial charge < -0.3 is 21.3 Å². The second-order valence-corrected chi connectivity index (χ2v) is 8.69. The predicted octanol–water partition coefficient (Wildman–Crippen LogP) is -0.0265. The van der Waals surface area contributed by atoms with Crippen LogP contribution in [0.5, 0.6) is 0 Å². The number of primary amides is 1. The zero-order valence-corrected chi connectivity index (χ0v) is 17.6. The Morgan fingerprint density at radius 2 is 2.00 bits per heavy atom. The molecule has 0 aromatic heterocycles. The maximum absolute atomic E-state index is 13.1. The van der Waals surface area contributed by atoms with E-state index in [1.807, 2.05) is 28.9 Å².